The highest BCUT2D eigenvalue weighted by Crippen LogP contribution is 2.39. The SMILES string of the molecule is CN1CCC[C@H]1[C@@H](Nc1c(Nc2cc(C(F)(F)F)cc(C(F)(F)F)c2)c(=O)c1=O)c1ccccc1. The van der Waals surface area contributed by atoms with Gasteiger partial charge in [0.25, 0.3) is 10.9 Å². The van der Waals surface area contributed by atoms with Crippen molar-refractivity contribution in [1.82, 2.24) is 4.90 Å². The normalized spacial score (nSPS) is 18.1. The molecule has 2 N–H and O–H groups in total. The van der Waals surface area contributed by atoms with Gasteiger partial charge in [0, 0.05) is 11.7 Å². The van der Waals surface area contributed by atoms with Crippen molar-refractivity contribution < 1.29 is 26.3 Å². The van der Waals surface area contributed by atoms with E-state index >= 15 is 0 Å². The van der Waals surface area contributed by atoms with Crippen LogP contribution < -0.4 is 21.5 Å². The molecule has 1 fully saturated rings. The molecule has 0 bridgehead atoms. The average Bonchev–Trinajstić information content (AvgIpc) is 3.23. The van der Waals surface area contributed by atoms with Crippen LogP contribution in [0.3, 0.4) is 0 Å². The number of nitrogens with one attached hydrogen (secondary N) is 2. The van der Waals surface area contributed by atoms with E-state index in [1.165, 1.54) is 0 Å². The number of rotatable bonds is 6. The first kappa shape index (κ1) is 24.8. The molecule has 0 spiro atoms. The van der Waals surface area contributed by atoms with Crippen LogP contribution in [-0.4, -0.2) is 24.5 Å². The molecule has 0 aliphatic carbocycles. The summed E-state index contributed by atoms with van der Waals surface area (Å²) in [5.74, 6) is 0. The van der Waals surface area contributed by atoms with Gasteiger partial charge in [-0.1, -0.05) is 30.3 Å². The van der Waals surface area contributed by atoms with E-state index in [2.05, 4.69) is 15.5 Å². The largest absolute Gasteiger partial charge is 0.416 e. The number of alkyl halides is 6. The lowest BCUT2D eigenvalue weighted by molar-refractivity contribution is -0.143. The van der Waals surface area contributed by atoms with Gasteiger partial charge in [-0.2, -0.15) is 26.3 Å². The molecule has 5 nitrogen and oxygen atoms in total. The maximum Gasteiger partial charge on any atom is 0.416 e. The van der Waals surface area contributed by atoms with E-state index in [4.69, 9.17) is 0 Å². The van der Waals surface area contributed by atoms with Gasteiger partial charge in [0.05, 0.1) is 17.2 Å². The third-order valence-corrected chi connectivity index (χ3v) is 6.19. The lowest BCUT2D eigenvalue weighted by Crippen LogP contribution is -2.41. The van der Waals surface area contributed by atoms with Gasteiger partial charge in [-0.15, -0.1) is 0 Å². The minimum atomic E-state index is -5.04. The number of hydrogen-bond donors (Lipinski definition) is 2. The number of likely N-dealkylation sites (N-methyl/N-ethyl adjacent to an activating group) is 1. The Balaban J connectivity index is 1.70. The van der Waals surface area contributed by atoms with Gasteiger partial charge >= 0.3 is 12.4 Å². The molecule has 1 aliphatic rings. The van der Waals surface area contributed by atoms with Crippen molar-refractivity contribution in [3.63, 3.8) is 0 Å². The zero-order chi connectivity index (χ0) is 25.5. The molecule has 11 heteroatoms. The Morgan fingerprint density at radius 1 is 0.886 bits per heavy atom. The van der Waals surface area contributed by atoms with Crippen molar-refractivity contribution in [2.24, 2.45) is 0 Å². The fourth-order valence-corrected chi connectivity index (χ4v) is 4.39. The fourth-order valence-electron chi connectivity index (χ4n) is 4.39. The Morgan fingerprint density at radius 2 is 1.46 bits per heavy atom. The number of benzene rings is 2. The molecule has 4 rings (SSSR count). The van der Waals surface area contributed by atoms with Gasteiger partial charge < -0.3 is 15.5 Å². The van der Waals surface area contributed by atoms with Gasteiger partial charge in [0.15, 0.2) is 0 Å². The third kappa shape index (κ3) is 5.04. The van der Waals surface area contributed by atoms with Crippen molar-refractivity contribution in [2.45, 2.75) is 37.3 Å². The summed E-state index contributed by atoms with van der Waals surface area (Å²) in [6, 6.07) is 9.56. The standard InChI is InChI=1S/C24H21F6N3O2/c1-33-9-5-8-17(33)18(13-6-3-2-4-7-13)32-20-19(21(34)22(20)35)31-16-11-14(23(25,26)27)10-15(12-16)24(28,29)30/h2-4,6-7,10-12,17-18,31-32H,5,8-9H2,1H3/t17-,18-/m0/s1. The second kappa shape index (κ2) is 9.03. The molecule has 3 aromatic rings. The van der Waals surface area contributed by atoms with E-state index < -0.39 is 46.1 Å². The Labute approximate surface area is 196 Å². The van der Waals surface area contributed by atoms with E-state index in [0.717, 1.165) is 24.9 Å². The van der Waals surface area contributed by atoms with Crippen molar-refractivity contribution in [2.75, 3.05) is 24.2 Å². The summed E-state index contributed by atoms with van der Waals surface area (Å²) in [7, 11) is 1.91. The summed E-state index contributed by atoms with van der Waals surface area (Å²) in [5.41, 5.74) is -5.29. The lowest BCUT2D eigenvalue weighted by Gasteiger charge is -2.32. The highest BCUT2D eigenvalue weighted by molar-refractivity contribution is 5.79. The van der Waals surface area contributed by atoms with E-state index in [-0.39, 0.29) is 23.5 Å². The van der Waals surface area contributed by atoms with E-state index in [1.807, 2.05) is 37.4 Å². The summed E-state index contributed by atoms with van der Waals surface area (Å²) in [6.45, 7) is 0.817. The van der Waals surface area contributed by atoms with Gasteiger partial charge in [-0.25, -0.2) is 0 Å². The van der Waals surface area contributed by atoms with Crippen molar-refractivity contribution >= 4 is 17.1 Å². The molecule has 1 heterocycles. The van der Waals surface area contributed by atoms with E-state index in [9.17, 15) is 35.9 Å². The zero-order valence-electron chi connectivity index (χ0n) is 18.4. The average molecular weight is 497 g/mol. The van der Waals surface area contributed by atoms with Crippen molar-refractivity contribution in [3.05, 3.63) is 85.7 Å². The zero-order valence-corrected chi connectivity index (χ0v) is 18.4. The second-order valence-electron chi connectivity index (χ2n) is 8.55. The van der Waals surface area contributed by atoms with Gasteiger partial charge in [0.2, 0.25) is 0 Å². The first-order chi connectivity index (χ1) is 16.4. The van der Waals surface area contributed by atoms with Gasteiger partial charge in [-0.3, -0.25) is 9.59 Å². The predicted octanol–water partition coefficient (Wildman–Crippen LogP) is 5.31. The van der Waals surface area contributed by atoms with E-state index in [1.54, 1.807) is 0 Å². The third-order valence-electron chi connectivity index (χ3n) is 6.19. The van der Waals surface area contributed by atoms with Crippen LogP contribution in [0.25, 0.3) is 0 Å². The summed E-state index contributed by atoms with van der Waals surface area (Å²) in [6.07, 6.45) is -8.38. The molecule has 0 radical (unpaired) electrons. The Hall–Kier alpha value is -3.34. The maximum absolute atomic E-state index is 13.2. The summed E-state index contributed by atoms with van der Waals surface area (Å²) >= 11 is 0. The molecule has 186 valence electrons. The monoisotopic (exact) mass is 497 g/mol. The smallest absolute Gasteiger partial charge is 0.372 e. The Bertz CT molecular complexity index is 1250. The molecule has 1 aliphatic heterocycles. The predicted molar refractivity (Wildman–Crippen MR) is 120 cm³/mol. The van der Waals surface area contributed by atoms with Crippen LogP contribution >= 0.6 is 0 Å². The van der Waals surface area contributed by atoms with Crippen LogP contribution in [0.4, 0.5) is 43.4 Å². The molecule has 1 saturated heterocycles. The Kier molecular flexibility index (Phi) is 6.39. The summed E-state index contributed by atoms with van der Waals surface area (Å²) in [5, 5.41) is 5.37. The number of likely N-dealkylation sites (tertiary alicyclic amines) is 1. The molecule has 3 aromatic carbocycles. The molecule has 0 saturated carbocycles. The quantitative estimate of drug-likeness (QED) is 0.357. The molecular weight excluding hydrogens is 476 g/mol. The Morgan fingerprint density at radius 3 is 1.97 bits per heavy atom. The van der Waals surface area contributed by atoms with Crippen molar-refractivity contribution in [1.29, 1.82) is 0 Å². The van der Waals surface area contributed by atoms with Crippen molar-refractivity contribution in [3.8, 4) is 0 Å². The molecule has 0 aromatic heterocycles. The maximum atomic E-state index is 13.2. The topological polar surface area (TPSA) is 61.4 Å². The molecule has 2 atom stereocenters. The van der Waals surface area contributed by atoms with E-state index in [0.29, 0.717) is 12.1 Å². The van der Waals surface area contributed by atoms with Gasteiger partial charge in [-0.05, 0) is 50.2 Å². The van der Waals surface area contributed by atoms with Crippen LogP contribution in [0.2, 0.25) is 0 Å². The number of halogens is 6. The fraction of sp³-hybridized carbons (Fsp3) is 0.333. The minimum Gasteiger partial charge on any atom is -0.372 e. The number of nitrogens with zero attached hydrogens (tertiary/aromatic N) is 1. The second-order valence-corrected chi connectivity index (χ2v) is 8.55. The van der Waals surface area contributed by atoms with Crippen LogP contribution in [0.5, 0.6) is 0 Å². The summed E-state index contributed by atoms with van der Waals surface area (Å²) in [4.78, 5) is 26.8. The molecular formula is C24H21F6N3O2. The number of anilines is 3. The highest BCUT2D eigenvalue weighted by Gasteiger charge is 2.38. The van der Waals surface area contributed by atoms with Crippen LogP contribution in [0.15, 0.2) is 58.1 Å². The first-order valence-corrected chi connectivity index (χ1v) is 10.8. The van der Waals surface area contributed by atoms with Crippen LogP contribution in [0.1, 0.15) is 35.6 Å². The molecule has 0 amide bonds. The first-order valence-electron chi connectivity index (χ1n) is 10.8. The minimum absolute atomic E-state index is 0.00612. The lowest BCUT2D eigenvalue weighted by atomic mass is 9.96. The summed E-state index contributed by atoms with van der Waals surface area (Å²) < 4.78 is 79.3. The highest BCUT2D eigenvalue weighted by atomic mass is 19.4. The number of hydrogen-bond acceptors (Lipinski definition) is 5. The molecule has 0 unspecified atom stereocenters. The van der Waals surface area contributed by atoms with Crippen LogP contribution in [0, 0.1) is 0 Å². The van der Waals surface area contributed by atoms with Crippen LogP contribution in [-0.2, 0) is 12.4 Å². The molecule has 35 heavy (non-hydrogen) atoms. The van der Waals surface area contributed by atoms with Gasteiger partial charge in [0.1, 0.15) is 11.4 Å².